The highest BCUT2D eigenvalue weighted by Crippen LogP contribution is 2.30. The molecule has 4 heteroatoms. The van der Waals surface area contributed by atoms with Crippen LogP contribution in [0.25, 0.3) is 0 Å². The summed E-state index contributed by atoms with van der Waals surface area (Å²) in [5.74, 6) is 0.620. The summed E-state index contributed by atoms with van der Waals surface area (Å²) in [4.78, 5) is 22.5. The molecule has 1 N–H and O–H groups in total. The first kappa shape index (κ1) is 10.7. The summed E-state index contributed by atoms with van der Waals surface area (Å²) in [6.45, 7) is -0.0128. The molecule has 84 valence electrons. The van der Waals surface area contributed by atoms with E-state index >= 15 is 0 Å². The maximum Gasteiger partial charge on any atom is 0.257 e. The molecule has 0 unspecified atom stereocenters. The van der Waals surface area contributed by atoms with E-state index in [1.807, 2.05) is 0 Å². The van der Waals surface area contributed by atoms with Crippen LogP contribution in [-0.2, 0) is 11.2 Å². The molecular weight excluding hydrogens is 206 g/mol. The number of hydrogen-bond donors (Lipinski definition) is 1. The lowest BCUT2D eigenvalue weighted by Gasteiger charge is -2.09. The van der Waals surface area contributed by atoms with Crippen molar-refractivity contribution in [2.75, 3.05) is 13.7 Å². The second-order valence-corrected chi connectivity index (χ2v) is 3.67. The van der Waals surface area contributed by atoms with Crippen molar-refractivity contribution in [1.29, 1.82) is 0 Å². The Morgan fingerprint density at radius 1 is 1.44 bits per heavy atom. The highest BCUT2D eigenvalue weighted by molar-refractivity contribution is 6.01. The number of rotatable bonds is 3. The number of Topliss-reactive ketones (excluding diaryl/α,β-unsaturated/α-hetero) is 1. The van der Waals surface area contributed by atoms with Crippen molar-refractivity contribution in [3.8, 4) is 5.75 Å². The SMILES string of the molecule is CNC(=O)COc1cccc2c1CCC2=O. The van der Waals surface area contributed by atoms with E-state index in [1.54, 1.807) is 25.2 Å². The number of carbonyl (C=O) groups is 2. The zero-order chi connectivity index (χ0) is 11.5. The number of likely N-dealkylation sites (N-methyl/N-ethyl adjacent to an activating group) is 1. The topological polar surface area (TPSA) is 55.4 Å². The number of nitrogens with one attached hydrogen (secondary N) is 1. The first-order chi connectivity index (χ1) is 7.72. The van der Waals surface area contributed by atoms with E-state index < -0.39 is 0 Å². The highest BCUT2D eigenvalue weighted by Gasteiger charge is 2.22. The summed E-state index contributed by atoms with van der Waals surface area (Å²) in [7, 11) is 1.56. The summed E-state index contributed by atoms with van der Waals surface area (Å²) in [5, 5.41) is 2.48. The Balaban J connectivity index is 2.17. The van der Waals surface area contributed by atoms with E-state index in [1.165, 1.54) is 0 Å². The monoisotopic (exact) mass is 219 g/mol. The molecule has 4 nitrogen and oxygen atoms in total. The smallest absolute Gasteiger partial charge is 0.257 e. The van der Waals surface area contributed by atoms with E-state index in [9.17, 15) is 9.59 Å². The van der Waals surface area contributed by atoms with Gasteiger partial charge in [0.25, 0.3) is 5.91 Å². The molecule has 1 aliphatic carbocycles. The molecule has 0 spiro atoms. The van der Waals surface area contributed by atoms with Gasteiger partial charge in [0.15, 0.2) is 12.4 Å². The number of ether oxygens (including phenoxy) is 1. The normalized spacial score (nSPS) is 13.4. The van der Waals surface area contributed by atoms with Crippen LogP contribution in [0.15, 0.2) is 18.2 Å². The Kier molecular flexibility index (Phi) is 2.90. The van der Waals surface area contributed by atoms with Crippen LogP contribution in [-0.4, -0.2) is 25.3 Å². The Labute approximate surface area is 93.6 Å². The van der Waals surface area contributed by atoms with Crippen molar-refractivity contribution in [2.45, 2.75) is 12.8 Å². The van der Waals surface area contributed by atoms with Crippen LogP contribution in [0.5, 0.6) is 5.75 Å². The second kappa shape index (κ2) is 4.35. The van der Waals surface area contributed by atoms with Crippen molar-refractivity contribution in [3.63, 3.8) is 0 Å². The third-order valence-corrected chi connectivity index (χ3v) is 2.67. The van der Waals surface area contributed by atoms with Crippen LogP contribution in [0.2, 0.25) is 0 Å². The van der Waals surface area contributed by atoms with Gasteiger partial charge in [-0.2, -0.15) is 0 Å². The van der Waals surface area contributed by atoms with Gasteiger partial charge >= 0.3 is 0 Å². The standard InChI is InChI=1S/C12H13NO3/c1-13-12(15)7-16-11-4-2-3-8-9(11)5-6-10(8)14/h2-4H,5-7H2,1H3,(H,13,15). The van der Waals surface area contributed by atoms with Crippen LogP contribution in [0, 0.1) is 0 Å². The van der Waals surface area contributed by atoms with Gasteiger partial charge in [-0.05, 0) is 12.5 Å². The molecule has 0 aromatic heterocycles. The van der Waals surface area contributed by atoms with Crippen LogP contribution in [0.3, 0.4) is 0 Å². The summed E-state index contributed by atoms with van der Waals surface area (Å²) in [6.07, 6.45) is 1.24. The minimum absolute atomic E-state index is 0.0128. The zero-order valence-corrected chi connectivity index (χ0v) is 9.08. The van der Waals surface area contributed by atoms with E-state index in [0.29, 0.717) is 18.6 Å². The minimum atomic E-state index is -0.179. The van der Waals surface area contributed by atoms with Gasteiger partial charge in [0.05, 0.1) is 0 Å². The number of benzene rings is 1. The van der Waals surface area contributed by atoms with E-state index in [-0.39, 0.29) is 18.3 Å². The van der Waals surface area contributed by atoms with Gasteiger partial charge in [-0.3, -0.25) is 9.59 Å². The summed E-state index contributed by atoms with van der Waals surface area (Å²) in [6, 6.07) is 5.37. The van der Waals surface area contributed by atoms with Gasteiger partial charge in [-0.1, -0.05) is 12.1 Å². The molecule has 0 bridgehead atoms. The predicted molar refractivity (Wildman–Crippen MR) is 58.7 cm³/mol. The van der Waals surface area contributed by atoms with E-state index in [2.05, 4.69) is 5.32 Å². The van der Waals surface area contributed by atoms with Gasteiger partial charge in [0, 0.05) is 24.6 Å². The molecule has 0 heterocycles. The quantitative estimate of drug-likeness (QED) is 0.823. The van der Waals surface area contributed by atoms with Gasteiger partial charge in [0.2, 0.25) is 0 Å². The Bertz CT molecular complexity index is 440. The van der Waals surface area contributed by atoms with Crippen LogP contribution < -0.4 is 10.1 Å². The molecule has 0 radical (unpaired) electrons. The third-order valence-electron chi connectivity index (χ3n) is 2.67. The summed E-state index contributed by atoms with van der Waals surface area (Å²) >= 11 is 0. The molecule has 1 aromatic rings. The number of ketones is 1. The fraction of sp³-hybridized carbons (Fsp3) is 0.333. The fourth-order valence-electron chi connectivity index (χ4n) is 1.81. The number of hydrogen-bond acceptors (Lipinski definition) is 3. The lowest BCUT2D eigenvalue weighted by atomic mass is 10.1. The van der Waals surface area contributed by atoms with Gasteiger partial charge in [-0.25, -0.2) is 0 Å². The van der Waals surface area contributed by atoms with E-state index in [0.717, 1.165) is 11.1 Å². The van der Waals surface area contributed by atoms with Crippen molar-refractivity contribution >= 4 is 11.7 Å². The first-order valence-electron chi connectivity index (χ1n) is 5.21. The highest BCUT2D eigenvalue weighted by atomic mass is 16.5. The van der Waals surface area contributed by atoms with Crippen LogP contribution >= 0.6 is 0 Å². The summed E-state index contributed by atoms with van der Waals surface area (Å²) < 4.78 is 5.39. The number of amides is 1. The molecule has 0 saturated carbocycles. The molecule has 16 heavy (non-hydrogen) atoms. The van der Waals surface area contributed by atoms with Crippen molar-refractivity contribution in [1.82, 2.24) is 5.32 Å². The second-order valence-electron chi connectivity index (χ2n) is 3.67. The predicted octanol–water partition coefficient (Wildman–Crippen LogP) is 0.940. The lowest BCUT2D eigenvalue weighted by Crippen LogP contribution is -2.25. The molecule has 0 fully saturated rings. The summed E-state index contributed by atoms with van der Waals surface area (Å²) in [5.41, 5.74) is 1.66. The Morgan fingerprint density at radius 3 is 3.00 bits per heavy atom. The fourth-order valence-corrected chi connectivity index (χ4v) is 1.81. The molecule has 0 atom stereocenters. The number of fused-ring (bicyclic) bond motifs is 1. The van der Waals surface area contributed by atoms with Gasteiger partial charge in [-0.15, -0.1) is 0 Å². The van der Waals surface area contributed by atoms with Gasteiger partial charge < -0.3 is 10.1 Å². The lowest BCUT2D eigenvalue weighted by molar-refractivity contribution is -0.122. The van der Waals surface area contributed by atoms with Gasteiger partial charge in [0.1, 0.15) is 5.75 Å². The number of carbonyl (C=O) groups excluding carboxylic acids is 2. The Morgan fingerprint density at radius 2 is 2.25 bits per heavy atom. The maximum atomic E-state index is 11.5. The average molecular weight is 219 g/mol. The first-order valence-corrected chi connectivity index (χ1v) is 5.21. The molecule has 2 rings (SSSR count). The molecule has 0 aliphatic heterocycles. The molecule has 1 aliphatic rings. The largest absolute Gasteiger partial charge is 0.483 e. The molecule has 1 amide bonds. The molecule has 0 saturated heterocycles. The minimum Gasteiger partial charge on any atom is -0.483 e. The van der Waals surface area contributed by atoms with Crippen LogP contribution in [0.1, 0.15) is 22.3 Å². The van der Waals surface area contributed by atoms with Crippen molar-refractivity contribution < 1.29 is 14.3 Å². The van der Waals surface area contributed by atoms with Crippen molar-refractivity contribution in [3.05, 3.63) is 29.3 Å². The third kappa shape index (κ3) is 1.91. The van der Waals surface area contributed by atoms with Crippen LogP contribution in [0.4, 0.5) is 0 Å². The maximum absolute atomic E-state index is 11.5. The van der Waals surface area contributed by atoms with E-state index in [4.69, 9.17) is 4.74 Å². The van der Waals surface area contributed by atoms with Crippen molar-refractivity contribution in [2.24, 2.45) is 0 Å². The zero-order valence-electron chi connectivity index (χ0n) is 9.08. The molecular formula is C12H13NO3. The average Bonchev–Trinajstić information content (AvgIpc) is 2.69. The Hall–Kier alpha value is -1.84. The molecule has 1 aromatic carbocycles.